The van der Waals surface area contributed by atoms with Crippen LogP contribution in [0.3, 0.4) is 0 Å². The average Bonchev–Trinajstić information content (AvgIpc) is 2.93. The summed E-state index contributed by atoms with van der Waals surface area (Å²) in [5, 5.41) is 5.99. The normalized spacial score (nSPS) is 19.3. The van der Waals surface area contributed by atoms with Crippen LogP contribution in [-0.4, -0.2) is 38.0 Å². The van der Waals surface area contributed by atoms with Crippen molar-refractivity contribution in [2.45, 2.75) is 32.7 Å². The highest BCUT2D eigenvalue weighted by molar-refractivity contribution is 6.00. The summed E-state index contributed by atoms with van der Waals surface area (Å²) in [7, 11) is 1.86. The van der Waals surface area contributed by atoms with Crippen molar-refractivity contribution in [1.82, 2.24) is 10.6 Å². The second-order valence-corrected chi connectivity index (χ2v) is 5.82. The molecule has 0 aromatic heterocycles. The Hall–Kier alpha value is -1.88. The quantitative estimate of drug-likeness (QED) is 0.833. The van der Waals surface area contributed by atoms with Crippen LogP contribution in [0.15, 0.2) is 24.3 Å². The molecule has 0 bridgehead atoms. The predicted octanol–water partition coefficient (Wildman–Crippen LogP) is 1.33. The van der Waals surface area contributed by atoms with Gasteiger partial charge in [0.1, 0.15) is 0 Å². The zero-order chi connectivity index (χ0) is 16.1. The van der Waals surface area contributed by atoms with Crippen LogP contribution in [0, 0.1) is 5.92 Å². The minimum Gasteiger partial charge on any atom is -0.354 e. The van der Waals surface area contributed by atoms with Crippen LogP contribution in [0.5, 0.6) is 0 Å². The molecular weight excluding hydrogens is 278 g/mol. The van der Waals surface area contributed by atoms with Gasteiger partial charge >= 0.3 is 0 Å². The molecule has 1 aromatic carbocycles. The molecule has 0 saturated carbocycles. The maximum absolute atomic E-state index is 12.3. The number of benzene rings is 1. The topological polar surface area (TPSA) is 61.4 Å². The molecule has 2 atom stereocenters. The Labute approximate surface area is 132 Å². The zero-order valence-corrected chi connectivity index (χ0v) is 13.6. The van der Waals surface area contributed by atoms with Crippen molar-refractivity contribution in [2.75, 3.05) is 25.0 Å². The number of rotatable bonds is 6. The van der Waals surface area contributed by atoms with Gasteiger partial charge in [-0.2, -0.15) is 0 Å². The molecule has 0 spiro atoms. The van der Waals surface area contributed by atoms with Gasteiger partial charge < -0.3 is 15.5 Å². The summed E-state index contributed by atoms with van der Waals surface area (Å²) in [5.74, 6) is -0.267. The molecule has 1 saturated heterocycles. The number of aryl methyl sites for hydroxylation is 1. The maximum atomic E-state index is 12.3. The lowest BCUT2D eigenvalue weighted by Gasteiger charge is -2.20. The van der Waals surface area contributed by atoms with Crippen molar-refractivity contribution in [3.05, 3.63) is 29.8 Å². The number of carbonyl (C=O) groups is 2. The highest BCUT2D eigenvalue weighted by Crippen LogP contribution is 2.28. The Balaban J connectivity index is 2.03. The van der Waals surface area contributed by atoms with E-state index < -0.39 is 0 Å². The van der Waals surface area contributed by atoms with E-state index in [1.54, 1.807) is 4.90 Å². The molecular formula is C17H25N3O2. The fraction of sp³-hybridized carbons (Fsp3) is 0.529. The largest absolute Gasteiger partial charge is 0.354 e. The van der Waals surface area contributed by atoms with Crippen LogP contribution in [0.25, 0.3) is 0 Å². The van der Waals surface area contributed by atoms with Gasteiger partial charge in [0.05, 0.1) is 5.92 Å². The van der Waals surface area contributed by atoms with Crippen LogP contribution < -0.4 is 15.5 Å². The first-order valence-corrected chi connectivity index (χ1v) is 7.90. The maximum Gasteiger partial charge on any atom is 0.227 e. The van der Waals surface area contributed by atoms with Crippen molar-refractivity contribution in [3.63, 3.8) is 0 Å². The Bertz CT molecular complexity index is 544. The third-order valence-corrected chi connectivity index (χ3v) is 4.23. The molecule has 5 heteroatoms. The molecule has 1 fully saturated rings. The second-order valence-electron chi connectivity index (χ2n) is 5.82. The van der Waals surface area contributed by atoms with Gasteiger partial charge in [-0.1, -0.05) is 25.1 Å². The van der Waals surface area contributed by atoms with Gasteiger partial charge in [-0.05, 0) is 32.0 Å². The standard InChI is InChI=1S/C17H25N3O2/c1-4-13-7-5-6-8-15(13)20-11-14(9-16(20)21)17(22)19-10-12(2)18-3/h5-8,12,14,18H,4,9-11H2,1-3H3,(H,19,22). The third-order valence-electron chi connectivity index (χ3n) is 4.23. The van der Waals surface area contributed by atoms with Crippen molar-refractivity contribution in [2.24, 2.45) is 5.92 Å². The fourth-order valence-corrected chi connectivity index (χ4v) is 2.69. The van der Waals surface area contributed by atoms with E-state index >= 15 is 0 Å². The molecule has 1 heterocycles. The lowest BCUT2D eigenvalue weighted by Crippen LogP contribution is -2.40. The molecule has 2 amide bonds. The lowest BCUT2D eigenvalue weighted by atomic mass is 10.1. The predicted molar refractivity (Wildman–Crippen MR) is 87.8 cm³/mol. The molecule has 5 nitrogen and oxygen atoms in total. The number of nitrogens with one attached hydrogen (secondary N) is 2. The fourth-order valence-electron chi connectivity index (χ4n) is 2.69. The van der Waals surface area contributed by atoms with Gasteiger partial charge in [0.25, 0.3) is 0 Å². The smallest absolute Gasteiger partial charge is 0.227 e. The average molecular weight is 303 g/mol. The van der Waals surface area contributed by atoms with Crippen LogP contribution in [0.2, 0.25) is 0 Å². The second kappa shape index (κ2) is 7.40. The van der Waals surface area contributed by atoms with Crippen LogP contribution >= 0.6 is 0 Å². The van der Waals surface area contributed by atoms with Crippen molar-refractivity contribution in [1.29, 1.82) is 0 Å². The molecule has 2 N–H and O–H groups in total. The molecule has 1 aromatic rings. The number of likely N-dealkylation sites (N-methyl/N-ethyl adjacent to an activating group) is 1. The minimum atomic E-state index is -0.263. The number of amides is 2. The van der Waals surface area contributed by atoms with Gasteiger partial charge in [-0.3, -0.25) is 9.59 Å². The Morgan fingerprint density at radius 3 is 2.82 bits per heavy atom. The van der Waals surface area contributed by atoms with E-state index in [9.17, 15) is 9.59 Å². The SMILES string of the molecule is CCc1ccccc1N1CC(C(=O)NCC(C)NC)CC1=O. The van der Waals surface area contributed by atoms with E-state index in [2.05, 4.69) is 17.6 Å². The number of hydrogen-bond acceptors (Lipinski definition) is 3. The van der Waals surface area contributed by atoms with Gasteiger partial charge in [-0.15, -0.1) is 0 Å². The van der Waals surface area contributed by atoms with Gasteiger partial charge in [-0.25, -0.2) is 0 Å². The Morgan fingerprint density at radius 2 is 2.14 bits per heavy atom. The van der Waals surface area contributed by atoms with Crippen LogP contribution in [-0.2, 0) is 16.0 Å². The first-order chi connectivity index (χ1) is 10.6. The Kier molecular flexibility index (Phi) is 5.55. The van der Waals surface area contributed by atoms with E-state index in [-0.39, 0.29) is 30.2 Å². The molecule has 1 aliphatic rings. The lowest BCUT2D eigenvalue weighted by molar-refractivity contribution is -0.126. The summed E-state index contributed by atoms with van der Waals surface area (Å²) in [4.78, 5) is 26.3. The van der Waals surface area contributed by atoms with E-state index in [0.717, 1.165) is 17.7 Å². The van der Waals surface area contributed by atoms with E-state index in [0.29, 0.717) is 13.1 Å². The summed E-state index contributed by atoms with van der Waals surface area (Å²) < 4.78 is 0. The van der Waals surface area contributed by atoms with Gasteiger partial charge in [0.2, 0.25) is 11.8 Å². The molecule has 22 heavy (non-hydrogen) atoms. The van der Waals surface area contributed by atoms with Crippen molar-refractivity contribution < 1.29 is 9.59 Å². The van der Waals surface area contributed by atoms with Crippen molar-refractivity contribution in [3.8, 4) is 0 Å². The number of para-hydroxylation sites is 1. The van der Waals surface area contributed by atoms with E-state index in [4.69, 9.17) is 0 Å². The summed E-state index contributed by atoms with van der Waals surface area (Å²) in [6.45, 7) is 5.12. The summed E-state index contributed by atoms with van der Waals surface area (Å²) in [5.41, 5.74) is 2.08. The molecule has 2 rings (SSSR count). The highest BCUT2D eigenvalue weighted by atomic mass is 16.2. The van der Waals surface area contributed by atoms with Crippen LogP contribution in [0.1, 0.15) is 25.8 Å². The number of hydrogen-bond donors (Lipinski definition) is 2. The molecule has 0 radical (unpaired) electrons. The zero-order valence-electron chi connectivity index (χ0n) is 13.6. The molecule has 120 valence electrons. The Morgan fingerprint density at radius 1 is 1.41 bits per heavy atom. The summed E-state index contributed by atoms with van der Waals surface area (Å²) >= 11 is 0. The van der Waals surface area contributed by atoms with Crippen LogP contribution in [0.4, 0.5) is 5.69 Å². The van der Waals surface area contributed by atoms with Crippen molar-refractivity contribution >= 4 is 17.5 Å². The van der Waals surface area contributed by atoms with Gasteiger partial charge in [0, 0.05) is 31.2 Å². The van der Waals surface area contributed by atoms with E-state index in [1.807, 2.05) is 38.2 Å². The minimum absolute atomic E-state index is 0.0303. The number of nitrogens with zero attached hydrogens (tertiary/aromatic N) is 1. The summed E-state index contributed by atoms with van der Waals surface area (Å²) in [6.07, 6.45) is 1.16. The third kappa shape index (κ3) is 3.65. The first-order valence-electron chi connectivity index (χ1n) is 7.90. The molecule has 1 aliphatic heterocycles. The molecule has 2 unspecified atom stereocenters. The van der Waals surface area contributed by atoms with Gasteiger partial charge in [0.15, 0.2) is 0 Å². The highest BCUT2D eigenvalue weighted by Gasteiger charge is 2.35. The first kappa shape index (κ1) is 16.5. The molecule has 0 aliphatic carbocycles. The summed E-state index contributed by atoms with van der Waals surface area (Å²) in [6, 6.07) is 8.12. The number of anilines is 1. The monoisotopic (exact) mass is 303 g/mol. The number of carbonyl (C=O) groups excluding carboxylic acids is 2. The van der Waals surface area contributed by atoms with E-state index in [1.165, 1.54) is 0 Å².